The molecule has 9 nitrogen and oxygen atoms in total. The number of methoxy groups -OCH3 is 1. The number of ketones is 1. The van der Waals surface area contributed by atoms with E-state index in [4.69, 9.17) is 10.00 Å². The van der Waals surface area contributed by atoms with Gasteiger partial charge in [-0.2, -0.15) is 5.26 Å². The zero-order valence-electron chi connectivity index (χ0n) is 17.8. The summed E-state index contributed by atoms with van der Waals surface area (Å²) in [4.78, 5) is 38.0. The van der Waals surface area contributed by atoms with Crippen LogP contribution in [0.2, 0.25) is 0 Å². The minimum Gasteiger partial charge on any atom is -0.507 e. The Morgan fingerprint density at radius 1 is 1.06 bits per heavy atom. The summed E-state index contributed by atoms with van der Waals surface area (Å²) in [7, 11) is 1.45. The number of anilines is 1. The third-order valence-electron chi connectivity index (χ3n) is 5.50. The largest absolute Gasteiger partial charge is 0.507 e. The predicted molar refractivity (Wildman–Crippen MR) is 122 cm³/mol. The number of amides is 1. The first kappa shape index (κ1) is 22.2. The summed E-state index contributed by atoms with van der Waals surface area (Å²) in [6.07, 6.45) is 0. The van der Waals surface area contributed by atoms with Crippen molar-refractivity contribution in [1.82, 2.24) is 0 Å². The zero-order chi connectivity index (χ0) is 24.4. The molecule has 1 atom stereocenters. The van der Waals surface area contributed by atoms with Gasteiger partial charge in [0.1, 0.15) is 11.5 Å². The van der Waals surface area contributed by atoms with E-state index in [1.54, 1.807) is 24.3 Å². The molecular weight excluding hydrogens is 438 g/mol. The second kappa shape index (κ2) is 8.88. The molecule has 1 fully saturated rings. The van der Waals surface area contributed by atoms with Crippen LogP contribution in [0.3, 0.4) is 0 Å². The number of para-hydroxylation sites is 1. The van der Waals surface area contributed by atoms with Gasteiger partial charge in [-0.1, -0.05) is 18.2 Å². The van der Waals surface area contributed by atoms with E-state index in [0.29, 0.717) is 22.6 Å². The van der Waals surface area contributed by atoms with Gasteiger partial charge in [0.05, 0.1) is 35.3 Å². The number of hydrogen-bond acceptors (Lipinski definition) is 7. The molecule has 1 saturated heterocycles. The molecule has 1 amide bonds. The molecule has 0 aromatic heterocycles. The van der Waals surface area contributed by atoms with Crippen molar-refractivity contribution in [3.63, 3.8) is 0 Å². The first-order valence-electron chi connectivity index (χ1n) is 10.1. The number of hydrogen-bond donors (Lipinski definition) is 1. The Bertz CT molecular complexity index is 1370. The van der Waals surface area contributed by atoms with E-state index in [1.807, 2.05) is 6.07 Å². The van der Waals surface area contributed by atoms with Crippen molar-refractivity contribution in [3.8, 4) is 11.8 Å². The summed E-state index contributed by atoms with van der Waals surface area (Å²) in [5.41, 5.74) is 0.948. The Hall–Kier alpha value is -4.97. The van der Waals surface area contributed by atoms with E-state index in [1.165, 1.54) is 60.5 Å². The Morgan fingerprint density at radius 2 is 1.71 bits per heavy atom. The number of nitro benzene ring substituents is 1. The summed E-state index contributed by atoms with van der Waals surface area (Å²) < 4.78 is 5.45. The lowest BCUT2D eigenvalue weighted by atomic mass is 9.94. The highest BCUT2D eigenvalue weighted by molar-refractivity contribution is 6.51. The van der Waals surface area contributed by atoms with Gasteiger partial charge in [-0.3, -0.25) is 24.6 Å². The highest BCUT2D eigenvalue weighted by atomic mass is 16.6. The lowest BCUT2D eigenvalue weighted by Crippen LogP contribution is -2.29. The van der Waals surface area contributed by atoms with Crippen molar-refractivity contribution in [2.75, 3.05) is 12.0 Å². The molecule has 1 aliphatic heterocycles. The highest BCUT2D eigenvalue weighted by Crippen LogP contribution is 2.44. The minimum absolute atomic E-state index is 0.142. The van der Waals surface area contributed by atoms with Gasteiger partial charge in [-0.25, -0.2) is 0 Å². The molecule has 0 radical (unpaired) electrons. The second-order valence-corrected chi connectivity index (χ2v) is 7.37. The Kier molecular flexibility index (Phi) is 5.80. The maximum Gasteiger partial charge on any atom is 0.300 e. The number of nitriles is 1. The maximum absolute atomic E-state index is 13.2. The molecule has 3 aromatic rings. The molecule has 3 aromatic carbocycles. The van der Waals surface area contributed by atoms with Gasteiger partial charge < -0.3 is 9.84 Å². The smallest absolute Gasteiger partial charge is 0.300 e. The molecule has 1 N–H and O–H groups in total. The number of carbonyl (C=O) groups is 2. The number of non-ortho nitro benzene ring substituents is 1. The first-order chi connectivity index (χ1) is 16.4. The van der Waals surface area contributed by atoms with Gasteiger partial charge in [0, 0.05) is 28.9 Å². The van der Waals surface area contributed by atoms with Crippen LogP contribution >= 0.6 is 0 Å². The van der Waals surface area contributed by atoms with Crippen LogP contribution in [0.1, 0.15) is 22.7 Å². The van der Waals surface area contributed by atoms with Crippen LogP contribution in [0.4, 0.5) is 11.4 Å². The van der Waals surface area contributed by atoms with Crippen molar-refractivity contribution in [2.45, 2.75) is 6.04 Å². The molecule has 0 aliphatic carbocycles. The summed E-state index contributed by atoms with van der Waals surface area (Å²) in [6.45, 7) is 0. The highest BCUT2D eigenvalue weighted by Gasteiger charge is 2.47. The van der Waals surface area contributed by atoms with E-state index in [9.17, 15) is 24.8 Å². The topological polar surface area (TPSA) is 134 Å². The number of nitrogens with zero attached hydrogens (tertiary/aromatic N) is 3. The molecule has 1 unspecified atom stereocenters. The summed E-state index contributed by atoms with van der Waals surface area (Å²) in [6, 6.07) is 18.9. The molecular formula is C25H17N3O6. The molecule has 0 spiro atoms. The average molecular weight is 455 g/mol. The predicted octanol–water partition coefficient (Wildman–Crippen LogP) is 4.10. The monoisotopic (exact) mass is 455 g/mol. The second-order valence-electron chi connectivity index (χ2n) is 7.37. The minimum atomic E-state index is -1.04. The molecule has 0 bridgehead atoms. The normalized spacial score (nSPS) is 16.8. The molecule has 9 heteroatoms. The number of rotatable bonds is 5. The van der Waals surface area contributed by atoms with E-state index in [-0.39, 0.29) is 16.8 Å². The third kappa shape index (κ3) is 3.73. The van der Waals surface area contributed by atoms with Gasteiger partial charge in [-0.15, -0.1) is 0 Å². The molecule has 4 rings (SSSR count). The van der Waals surface area contributed by atoms with Crippen LogP contribution in [0.25, 0.3) is 5.76 Å². The van der Waals surface area contributed by atoms with Crippen LogP contribution in [0.15, 0.2) is 78.4 Å². The maximum atomic E-state index is 13.2. The van der Waals surface area contributed by atoms with E-state index >= 15 is 0 Å². The third-order valence-corrected chi connectivity index (χ3v) is 5.50. The number of carbonyl (C=O) groups excluding carboxylic acids is 2. The van der Waals surface area contributed by atoms with Crippen molar-refractivity contribution < 1.29 is 24.4 Å². The Labute approximate surface area is 193 Å². The summed E-state index contributed by atoms with van der Waals surface area (Å²) >= 11 is 0. The molecule has 0 saturated carbocycles. The van der Waals surface area contributed by atoms with E-state index in [0.717, 1.165) is 0 Å². The van der Waals surface area contributed by atoms with Crippen molar-refractivity contribution in [2.24, 2.45) is 0 Å². The van der Waals surface area contributed by atoms with Crippen molar-refractivity contribution in [3.05, 3.63) is 105 Å². The standard InChI is InChI=1S/C25H17N3O6/c1-34-20-5-3-2-4-19(20)22-21(23(29)16-8-12-18(13-9-16)28(32)33)24(30)25(31)27(22)17-10-6-15(14-26)7-11-17/h2-13,22,29H,1H3/b23-21+. The fourth-order valence-corrected chi connectivity index (χ4v) is 3.88. The fraction of sp³-hybridized carbons (Fsp3) is 0.0800. The molecule has 1 heterocycles. The SMILES string of the molecule is COc1ccccc1C1/C(=C(\O)c2ccc([N+](=O)[O-])cc2)C(=O)C(=O)N1c1ccc(C#N)cc1. The van der Waals surface area contributed by atoms with Crippen molar-refractivity contribution in [1.29, 1.82) is 5.26 Å². The molecule has 1 aliphatic rings. The number of nitro groups is 1. The van der Waals surface area contributed by atoms with Crippen LogP contribution in [-0.2, 0) is 9.59 Å². The Balaban J connectivity index is 1.94. The number of aliphatic hydroxyl groups excluding tert-OH is 1. The van der Waals surface area contributed by atoms with E-state index in [2.05, 4.69) is 0 Å². The number of aliphatic hydroxyl groups is 1. The summed E-state index contributed by atoms with van der Waals surface area (Å²) in [5, 5.41) is 31.2. The first-order valence-corrected chi connectivity index (χ1v) is 10.1. The molecule has 34 heavy (non-hydrogen) atoms. The Morgan fingerprint density at radius 3 is 2.29 bits per heavy atom. The van der Waals surface area contributed by atoms with Gasteiger partial charge >= 0.3 is 0 Å². The van der Waals surface area contributed by atoms with Gasteiger partial charge in [-0.05, 0) is 42.5 Å². The lowest BCUT2D eigenvalue weighted by molar-refractivity contribution is -0.384. The van der Waals surface area contributed by atoms with Crippen molar-refractivity contribution >= 4 is 28.8 Å². The van der Waals surface area contributed by atoms with Gasteiger partial charge in [0.25, 0.3) is 17.4 Å². The fourth-order valence-electron chi connectivity index (χ4n) is 3.88. The van der Waals surface area contributed by atoms with Gasteiger partial charge in [0.2, 0.25) is 0 Å². The van der Waals surface area contributed by atoms with Crippen LogP contribution in [-0.4, -0.2) is 28.8 Å². The summed E-state index contributed by atoms with van der Waals surface area (Å²) in [5.74, 6) is -1.87. The zero-order valence-corrected chi connectivity index (χ0v) is 17.8. The van der Waals surface area contributed by atoms with Crippen LogP contribution < -0.4 is 9.64 Å². The van der Waals surface area contributed by atoms with E-state index < -0.39 is 28.4 Å². The van der Waals surface area contributed by atoms with Crippen LogP contribution in [0.5, 0.6) is 5.75 Å². The lowest BCUT2D eigenvalue weighted by Gasteiger charge is -2.26. The average Bonchev–Trinajstić information content (AvgIpc) is 3.13. The van der Waals surface area contributed by atoms with Crippen LogP contribution in [0, 0.1) is 21.4 Å². The quantitative estimate of drug-likeness (QED) is 0.201. The van der Waals surface area contributed by atoms with Gasteiger partial charge in [0.15, 0.2) is 0 Å². The number of ether oxygens (including phenoxy) is 1. The number of Topliss-reactive ketones (excluding diaryl/α,β-unsaturated/α-hetero) is 1. The molecule has 168 valence electrons. The number of benzene rings is 3.